The molecule has 1 unspecified atom stereocenters. The van der Waals surface area contributed by atoms with Gasteiger partial charge in [-0.2, -0.15) is 0 Å². The predicted molar refractivity (Wildman–Crippen MR) is 101 cm³/mol. The highest BCUT2D eigenvalue weighted by Gasteiger charge is 2.29. The van der Waals surface area contributed by atoms with Gasteiger partial charge in [0.25, 0.3) is 0 Å². The summed E-state index contributed by atoms with van der Waals surface area (Å²) in [6.45, 7) is 1.35. The van der Waals surface area contributed by atoms with Crippen molar-refractivity contribution >= 4 is 11.9 Å². The fraction of sp³-hybridized carbons (Fsp3) is 0.524. The molecule has 1 aromatic carbocycles. The molecular formula is C21H26FN3O2. The number of rotatable bonds is 3. The van der Waals surface area contributed by atoms with Crippen LogP contribution in [0, 0.1) is 23.6 Å². The Balaban J connectivity index is 1.44. The van der Waals surface area contributed by atoms with Crippen LogP contribution in [0.2, 0.25) is 0 Å². The van der Waals surface area contributed by atoms with E-state index < -0.39 is 0 Å². The summed E-state index contributed by atoms with van der Waals surface area (Å²) in [6.07, 6.45) is 6.04. The van der Waals surface area contributed by atoms with Crippen molar-refractivity contribution in [2.75, 3.05) is 19.6 Å². The van der Waals surface area contributed by atoms with E-state index >= 15 is 0 Å². The molecule has 0 radical (unpaired) electrons. The fourth-order valence-corrected chi connectivity index (χ4v) is 3.70. The Bertz CT molecular complexity index is 734. The van der Waals surface area contributed by atoms with Crippen LogP contribution in [0.4, 0.5) is 9.18 Å². The van der Waals surface area contributed by atoms with Gasteiger partial charge in [-0.15, -0.1) is 0 Å². The molecule has 1 aliphatic heterocycles. The molecule has 2 aliphatic rings. The highest BCUT2D eigenvalue weighted by molar-refractivity contribution is 5.81. The van der Waals surface area contributed by atoms with Crippen molar-refractivity contribution in [3.63, 3.8) is 0 Å². The minimum atomic E-state index is -0.330. The summed E-state index contributed by atoms with van der Waals surface area (Å²) < 4.78 is 13.1. The number of halogens is 1. The number of urea groups is 1. The van der Waals surface area contributed by atoms with Gasteiger partial charge in [-0.1, -0.05) is 30.7 Å². The lowest BCUT2D eigenvalue weighted by molar-refractivity contribution is -0.126. The Morgan fingerprint density at radius 2 is 2.00 bits per heavy atom. The lowest BCUT2D eigenvalue weighted by Gasteiger charge is -2.32. The first kappa shape index (κ1) is 19.2. The second kappa shape index (κ2) is 9.40. The van der Waals surface area contributed by atoms with Crippen molar-refractivity contribution < 1.29 is 14.0 Å². The van der Waals surface area contributed by atoms with Crippen LogP contribution in [0.15, 0.2) is 24.3 Å². The van der Waals surface area contributed by atoms with Gasteiger partial charge in [0.1, 0.15) is 5.82 Å². The van der Waals surface area contributed by atoms with E-state index in [0.29, 0.717) is 18.7 Å². The molecule has 5 nitrogen and oxygen atoms in total. The van der Waals surface area contributed by atoms with Gasteiger partial charge in [0, 0.05) is 24.7 Å². The topological polar surface area (TPSA) is 61.4 Å². The van der Waals surface area contributed by atoms with Crippen LogP contribution in [0.3, 0.4) is 0 Å². The van der Waals surface area contributed by atoms with Crippen LogP contribution < -0.4 is 10.6 Å². The van der Waals surface area contributed by atoms with E-state index in [1.807, 2.05) is 0 Å². The third kappa shape index (κ3) is 5.72. The Labute approximate surface area is 159 Å². The Morgan fingerprint density at radius 3 is 2.78 bits per heavy atom. The van der Waals surface area contributed by atoms with Gasteiger partial charge in [-0.25, -0.2) is 9.18 Å². The molecule has 3 amide bonds. The minimum Gasteiger partial charge on any atom is -0.345 e. The van der Waals surface area contributed by atoms with Crippen LogP contribution in [-0.2, 0) is 4.79 Å². The molecule has 0 spiro atoms. The zero-order chi connectivity index (χ0) is 19.1. The number of hydrogen-bond donors (Lipinski definition) is 2. The Hall–Kier alpha value is -2.55. The summed E-state index contributed by atoms with van der Waals surface area (Å²) in [4.78, 5) is 26.5. The zero-order valence-corrected chi connectivity index (χ0v) is 15.5. The number of piperidine rings is 1. The Kier molecular flexibility index (Phi) is 6.69. The van der Waals surface area contributed by atoms with Gasteiger partial charge in [0.2, 0.25) is 5.91 Å². The summed E-state index contributed by atoms with van der Waals surface area (Å²) in [7, 11) is 0. The number of benzene rings is 1. The van der Waals surface area contributed by atoms with Gasteiger partial charge in [0.15, 0.2) is 0 Å². The maximum absolute atomic E-state index is 13.1. The molecule has 1 saturated carbocycles. The van der Waals surface area contributed by atoms with Gasteiger partial charge >= 0.3 is 6.03 Å². The highest BCUT2D eigenvalue weighted by Crippen LogP contribution is 2.20. The van der Waals surface area contributed by atoms with Crippen LogP contribution in [-0.4, -0.2) is 42.5 Å². The lowest BCUT2D eigenvalue weighted by Crippen LogP contribution is -2.50. The van der Waals surface area contributed by atoms with Crippen molar-refractivity contribution in [2.24, 2.45) is 5.92 Å². The van der Waals surface area contributed by atoms with Crippen molar-refractivity contribution in [1.29, 1.82) is 0 Å². The minimum absolute atomic E-state index is 0.0507. The SMILES string of the molecule is O=C(NCC#Cc1cccc(F)c1)C1CCCN(C(=O)NC2CCCC2)C1. The van der Waals surface area contributed by atoms with E-state index in [9.17, 15) is 14.0 Å². The average Bonchev–Trinajstić information content (AvgIpc) is 3.18. The molecular weight excluding hydrogens is 345 g/mol. The third-order valence-electron chi connectivity index (χ3n) is 5.17. The number of nitrogens with zero attached hydrogens (tertiary/aromatic N) is 1. The molecule has 3 rings (SSSR count). The summed E-state index contributed by atoms with van der Waals surface area (Å²) >= 11 is 0. The predicted octanol–water partition coefficient (Wildman–Crippen LogP) is 2.66. The molecule has 0 aromatic heterocycles. The van der Waals surface area contributed by atoms with Crippen molar-refractivity contribution in [1.82, 2.24) is 15.5 Å². The van der Waals surface area contributed by atoms with Gasteiger partial charge in [0.05, 0.1) is 12.5 Å². The molecule has 1 aliphatic carbocycles. The largest absolute Gasteiger partial charge is 0.345 e. The Morgan fingerprint density at radius 1 is 1.19 bits per heavy atom. The number of likely N-dealkylation sites (tertiary alicyclic amines) is 1. The van der Waals surface area contributed by atoms with E-state index in [-0.39, 0.29) is 36.3 Å². The fourth-order valence-electron chi connectivity index (χ4n) is 3.70. The second-order valence-electron chi connectivity index (χ2n) is 7.25. The quantitative estimate of drug-likeness (QED) is 0.803. The van der Waals surface area contributed by atoms with Crippen molar-refractivity contribution in [3.05, 3.63) is 35.6 Å². The van der Waals surface area contributed by atoms with Gasteiger partial charge in [-0.3, -0.25) is 4.79 Å². The first-order chi connectivity index (χ1) is 13.1. The van der Waals surface area contributed by atoms with E-state index in [1.165, 1.54) is 25.0 Å². The molecule has 2 N–H and O–H groups in total. The van der Waals surface area contributed by atoms with Crippen LogP contribution in [0.1, 0.15) is 44.1 Å². The number of hydrogen-bond acceptors (Lipinski definition) is 2. The van der Waals surface area contributed by atoms with Crippen molar-refractivity contribution in [2.45, 2.75) is 44.6 Å². The number of carbonyl (C=O) groups is 2. The zero-order valence-electron chi connectivity index (χ0n) is 15.5. The molecule has 1 aromatic rings. The summed E-state index contributed by atoms with van der Waals surface area (Å²) in [6, 6.07) is 6.28. The molecule has 2 fully saturated rings. The number of nitrogens with one attached hydrogen (secondary N) is 2. The van der Waals surface area contributed by atoms with Gasteiger partial charge < -0.3 is 15.5 Å². The molecule has 1 atom stereocenters. The molecule has 1 heterocycles. The molecule has 6 heteroatoms. The lowest BCUT2D eigenvalue weighted by atomic mass is 9.97. The van der Waals surface area contributed by atoms with E-state index in [0.717, 1.165) is 25.7 Å². The second-order valence-corrected chi connectivity index (χ2v) is 7.25. The third-order valence-corrected chi connectivity index (χ3v) is 5.17. The summed E-state index contributed by atoms with van der Waals surface area (Å²) in [5.41, 5.74) is 0.580. The monoisotopic (exact) mass is 371 g/mol. The smallest absolute Gasteiger partial charge is 0.317 e. The van der Waals surface area contributed by atoms with Crippen LogP contribution in [0.25, 0.3) is 0 Å². The summed E-state index contributed by atoms with van der Waals surface area (Å²) in [5, 5.41) is 5.89. The molecule has 144 valence electrons. The van der Waals surface area contributed by atoms with Gasteiger partial charge in [-0.05, 0) is 43.9 Å². The van der Waals surface area contributed by atoms with Crippen LogP contribution >= 0.6 is 0 Å². The van der Waals surface area contributed by atoms with E-state index in [2.05, 4.69) is 22.5 Å². The highest BCUT2D eigenvalue weighted by atomic mass is 19.1. The van der Waals surface area contributed by atoms with Crippen molar-refractivity contribution in [3.8, 4) is 11.8 Å². The first-order valence-electron chi connectivity index (χ1n) is 9.69. The average molecular weight is 371 g/mol. The molecule has 1 saturated heterocycles. The molecule has 27 heavy (non-hydrogen) atoms. The number of amides is 3. The normalized spacial score (nSPS) is 19.9. The van der Waals surface area contributed by atoms with E-state index in [4.69, 9.17) is 0 Å². The molecule has 0 bridgehead atoms. The maximum atomic E-state index is 13.1. The van der Waals surface area contributed by atoms with Crippen LogP contribution in [0.5, 0.6) is 0 Å². The van der Waals surface area contributed by atoms with E-state index in [1.54, 1.807) is 17.0 Å². The maximum Gasteiger partial charge on any atom is 0.317 e. The first-order valence-corrected chi connectivity index (χ1v) is 9.69. The number of carbonyl (C=O) groups excluding carboxylic acids is 2. The standard InChI is InChI=1S/C21H26FN3O2/c22-18-9-3-6-16(14-18)7-4-12-23-20(26)17-8-5-13-25(15-17)21(27)24-19-10-1-2-11-19/h3,6,9,14,17,19H,1-2,5,8,10-13,15H2,(H,23,26)(H,24,27). The summed E-state index contributed by atoms with van der Waals surface area (Å²) in [5.74, 6) is 5.06.